The summed E-state index contributed by atoms with van der Waals surface area (Å²) in [4.78, 5) is 28.0. The van der Waals surface area contributed by atoms with Crippen molar-refractivity contribution in [3.63, 3.8) is 0 Å². The summed E-state index contributed by atoms with van der Waals surface area (Å²) >= 11 is 0. The largest absolute Gasteiger partial charge is 0.383 e. The molecule has 0 aromatic carbocycles. The Morgan fingerprint density at radius 2 is 2.22 bits per heavy atom. The molecule has 5 heteroatoms. The molecule has 0 spiro atoms. The Hall–Kier alpha value is -1.62. The summed E-state index contributed by atoms with van der Waals surface area (Å²) in [6, 6.07) is 3.19. The van der Waals surface area contributed by atoms with Crippen LogP contribution in [0.2, 0.25) is 0 Å². The van der Waals surface area contributed by atoms with Crippen LogP contribution in [0.4, 0.5) is 0 Å². The van der Waals surface area contributed by atoms with Gasteiger partial charge in [-0.3, -0.25) is 9.59 Å². The Morgan fingerprint density at radius 3 is 2.78 bits per heavy atom. The molecule has 5 nitrogen and oxygen atoms in total. The van der Waals surface area contributed by atoms with Crippen molar-refractivity contribution in [2.45, 2.75) is 13.8 Å². The van der Waals surface area contributed by atoms with E-state index in [0.29, 0.717) is 25.6 Å². The van der Waals surface area contributed by atoms with Crippen molar-refractivity contribution in [3.05, 3.63) is 34.2 Å². The number of carbonyl (C=O) groups excluding carboxylic acids is 1. The molecule has 0 radical (unpaired) electrons. The third-order valence-electron chi connectivity index (χ3n) is 2.49. The van der Waals surface area contributed by atoms with Gasteiger partial charge in [-0.1, -0.05) is 13.8 Å². The Kier molecular flexibility index (Phi) is 5.58. The van der Waals surface area contributed by atoms with Crippen LogP contribution in [0.5, 0.6) is 0 Å². The molecule has 1 rings (SSSR count). The molecule has 0 aliphatic heterocycles. The van der Waals surface area contributed by atoms with Crippen LogP contribution in [0.15, 0.2) is 23.1 Å². The summed E-state index contributed by atoms with van der Waals surface area (Å²) in [5.41, 5.74) is -0.178. The molecule has 0 atom stereocenters. The number of aromatic amines is 1. The van der Waals surface area contributed by atoms with E-state index in [1.807, 2.05) is 13.8 Å². The van der Waals surface area contributed by atoms with E-state index < -0.39 is 0 Å². The molecule has 0 bridgehead atoms. The second-order valence-electron chi connectivity index (χ2n) is 4.55. The first-order valence-electron chi connectivity index (χ1n) is 6.02. The zero-order chi connectivity index (χ0) is 13.5. The Labute approximate surface area is 107 Å². The van der Waals surface area contributed by atoms with Crippen molar-refractivity contribution in [2.24, 2.45) is 5.92 Å². The number of hydrogen-bond donors (Lipinski definition) is 1. The van der Waals surface area contributed by atoms with Crippen molar-refractivity contribution in [1.29, 1.82) is 0 Å². The molecule has 1 aromatic rings. The fourth-order valence-corrected chi connectivity index (χ4v) is 1.68. The zero-order valence-corrected chi connectivity index (χ0v) is 11.1. The summed E-state index contributed by atoms with van der Waals surface area (Å²) in [6.07, 6.45) is 1.51. The third kappa shape index (κ3) is 4.00. The minimum atomic E-state index is -0.353. The van der Waals surface area contributed by atoms with E-state index in [4.69, 9.17) is 4.74 Å². The highest BCUT2D eigenvalue weighted by Crippen LogP contribution is 2.04. The van der Waals surface area contributed by atoms with Crippen LogP contribution >= 0.6 is 0 Å². The number of H-pyrrole nitrogens is 1. The number of ether oxygens (including phenoxy) is 1. The predicted octanol–water partition coefficient (Wildman–Crippen LogP) is 1.12. The fraction of sp³-hybridized carbons (Fsp3) is 0.538. The standard InChI is InChI=1S/C13H20N2O3/c1-10(2)9-15(7-8-18-3)13(17)11-5-4-6-14-12(11)16/h4-6,10H,7-9H2,1-3H3,(H,14,16). The van der Waals surface area contributed by atoms with Crippen molar-refractivity contribution < 1.29 is 9.53 Å². The first-order chi connectivity index (χ1) is 8.56. The number of aromatic nitrogens is 1. The molecule has 0 saturated heterocycles. The van der Waals surface area contributed by atoms with Crippen molar-refractivity contribution >= 4 is 5.91 Å². The predicted molar refractivity (Wildman–Crippen MR) is 69.7 cm³/mol. The van der Waals surface area contributed by atoms with Gasteiger partial charge < -0.3 is 14.6 Å². The Balaban J connectivity index is 2.88. The monoisotopic (exact) mass is 252 g/mol. The molecule has 0 fully saturated rings. The lowest BCUT2D eigenvalue weighted by Gasteiger charge is -2.24. The van der Waals surface area contributed by atoms with E-state index in [0.717, 1.165) is 0 Å². The van der Waals surface area contributed by atoms with Crippen molar-refractivity contribution in [3.8, 4) is 0 Å². The highest BCUT2D eigenvalue weighted by Gasteiger charge is 2.18. The maximum Gasteiger partial charge on any atom is 0.260 e. The number of pyridine rings is 1. The molecule has 18 heavy (non-hydrogen) atoms. The number of nitrogens with zero attached hydrogens (tertiary/aromatic N) is 1. The topological polar surface area (TPSA) is 62.4 Å². The molecule has 1 aromatic heterocycles. The smallest absolute Gasteiger partial charge is 0.260 e. The number of rotatable bonds is 6. The molecule has 1 heterocycles. The average Bonchev–Trinajstić information content (AvgIpc) is 2.34. The molecule has 0 unspecified atom stereocenters. The summed E-state index contributed by atoms with van der Waals surface area (Å²) in [7, 11) is 1.59. The van der Waals surface area contributed by atoms with Gasteiger partial charge in [-0.15, -0.1) is 0 Å². The van der Waals surface area contributed by atoms with E-state index in [-0.39, 0.29) is 17.0 Å². The fourth-order valence-electron chi connectivity index (χ4n) is 1.68. The number of nitrogens with one attached hydrogen (secondary N) is 1. The second-order valence-corrected chi connectivity index (χ2v) is 4.55. The molecule has 0 aliphatic rings. The van der Waals surface area contributed by atoms with Gasteiger partial charge in [0.2, 0.25) is 0 Å². The van der Waals surface area contributed by atoms with Crippen molar-refractivity contribution in [1.82, 2.24) is 9.88 Å². The Bertz CT molecular complexity index is 440. The van der Waals surface area contributed by atoms with Gasteiger partial charge in [-0.2, -0.15) is 0 Å². The SMILES string of the molecule is COCCN(CC(C)C)C(=O)c1ccc[nH]c1=O. The first-order valence-corrected chi connectivity index (χ1v) is 6.02. The summed E-state index contributed by atoms with van der Waals surface area (Å²) < 4.78 is 4.99. The van der Waals surface area contributed by atoms with Crippen LogP contribution in [0, 0.1) is 5.92 Å². The number of methoxy groups -OCH3 is 1. The quantitative estimate of drug-likeness (QED) is 0.825. The molecular formula is C13H20N2O3. The van der Waals surface area contributed by atoms with E-state index >= 15 is 0 Å². The van der Waals surface area contributed by atoms with E-state index in [9.17, 15) is 9.59 Å². The Morgan fingerprint density at radius 1 is 1.50 bits per heavy atom. The molecule has 100 valence electrons. The number of amides is 1. The second kappa shape index (κ2) is 6.96. The molecule has 1 N–H and O–H groups in total. The lowest BCUT2D eigenvalue weighted by Crippen LogP contribution is -2.39. The number of hydrogen-bond acceptors (Lipinski definition) is 3. The highest BCUT2D eigenvalue weighted by molar-refractivity contribution is 5.93. The van der Waals surface area contributed by atoms with Gasteiger partial charge in [-0.05, 0) is 18.1 Å². The van der Waals surface area contributed by atoms with Gasteiger partial charge in [-0.25, -0.2) is 0 Å². The zero-order valence-electron chi connectivity index (χ0n) is 11.1. The number of carbonyl (C=O) groups is 1. The van der Waals surface area contributed by atoms with Gasteiger partial charge in [0.25, 0.3) is 11.5 Å². The lowest BCUT2D eigenvalue weighted by molar-refractivity contribution is 0.0670. The molecule has 0 aliphatic carbocycles. The normalized spacial score (nSPS) is 10.7. The van der Waals surface area contributed by atoms with Gasteiger partial charge in [0.15, 0.2) is 0 Å². The van der Waals surface area contributed by atoms with Crippen molar-refractivity contribution in [2.75, 3.05) is 26.8 Å². The van der Waals surface area contributed by atoms with Gasteiger partial charge in [0.1, 0.15) is 5.56 Å². The molecule has 1 amide bonds. The maximum atomic E-state index is 12.3. The summed E-state index contributed by atoms with van der Waals surface area (Å²) in [5, 5.41) is 0. The van der Waals surface area contributed by atoms with E-state index in [2.05, 4.69) is 4.98 Å². The average molecular weight is 252 g/mol. The van der Waals surface area contributed by atoms with E-state index in [1.165, 1.54) is 6.20 Å². The van der Waals surface area contributed by atoms with Gasteiger partial charge in [0, 0.05) is 26.4 Å². The minimum Gasteiger partial charge on any atom is -0.383 e. The van der Waals surface area contributed by atoms with E-state index in [1.54, 1.807) is 24.1 Å². The molecular weight excluding hydrogens is 232 g/mol. The van der Waals surface area contributed by atoms with Crippen LogP contribution in [0.1, 0.15) is 24.2 Å². The van der Waals surface area contributed by atoms with Gasteiger partial charge in [0.05, 0.1) is 6.61 Å². The van der Waals surface area contributed by atoms with Crippen LogP contribution in [-0.2, 0) is 4.74 Å². The van der Waals surface area contributed by atoms with Crippen LogP contribution < -0.4 is 5.56 Å². The van der Waals surface area contributed by atoms with Crippen LogP contribution in [-0.4, -0.2) is 42.6 Å². The summed E-state index contributed by atoms with van der Waals surface area (Å²) in [5.74, 6) is 0.0937. The van der Waals surface area contributed by atoms with Crippen LogP contribution in [0.3, 0.4) is 0 Å². The minimum absolute atomic E-state index is 0.175. The van der Waals surface area contributed by atoms with Gasteiger partial charge >= 0.3 is 0 Å². The first kappa shape index (κ1) is 14.4. The third-order valence-corrected chi connectivity index (χ3v) is 2.49. The summed E-state index contributed by atoms with van der Waals surface area (Å²) in [6.45, 7) is 5.62. The van der Waals surface area contributed by atoms with Crippen LogP contribution in [0.25, 0.3) is 0 Å². The maximum absolute atomic E-state index is 12.3. The highest BCUT2D eigenvalue weighted by atomic mass is 16.5. The molecule has 0 saturated carbocycles. The lowest BCUT2D eigenvalue weighted by atomic mass is 10.1.